The molecule has 5 aromatic rings. The second-order valence-corrected chi connectivity index (χ2v) is 6.77. The van der Waals surface area contributed by atoms with Crippen molar-refractivity contribution < 1.29 is 17.9 Å². The first-order chi connectivity index (χ1) is 15.5. The zero-order chi connectivity index (χ0) is 22.1. The molecule has 13 heteroatoms. The average Bonchev–Trinajstić information content (AvgIpc) is 3.52. The zero-order valence-corrected chi connectivity index (χ0v) is 16.2. The molecule has 0 amide bonds. The highest BCUT2D eigenvalue weighted by Crippen LogP contribution is 2.32. The molecule has 5 aromatic heterocycles. The van der Waals surface area contributed by atoms with E-state index in [1.165, 1.54) is 12.5 Å². The smallest absolute Gasteiger partial charge is 0.372 e. The van der Waals surface area contributed by atoms with Crippen LogP contribution in [0.4, 0.5) is 13.2 Å². The average molecular weight is 441 g/mol. The Bertz CT molecular complexity index is 1340. The van der Waals surface area contributed by atoms with Gasteiger partial charge >= 0.3 is 6.18 Å². The predicted octanol–water partition coefficient (Wildman–Crippen LogP) is 3.04. The van der Waals surface area contributed by atoms with Crippen LogP contribution in [0.3, 0.4) is 0 Å². The van der Waals surface area contributed by atoms with Gasteiger partial charge in [0.1, 0.15) is 11.4 Å². The number of hydrogen-bond acceptors (Lipinski definition) is 7. The van der Waals surface area contributed by atoms with E-state index in [0.717, 1.165) is 11.1 Å². The van der Waals surface area contributed by atoms with Gasteiger partial charge in [-0.2, -0.15) is 13.2 Å². The SMILES string of the molecule is FC(F)(F)c1n[nH]c(-c2nc3ncc(COCc4cccnc4)cn3c2-c2cnc[nH]2)n1. The number of nitrogens with zero attached hydrogens (tertiary/aromatic N) is 7. The Kier molecular flexibility index (Phi) is 4.86. The molecule has 162 valence electrons. The fourth-order valence-electron chi connectivity index (χ4n) is 3.12. The van der Waals surface area contributed by atoms with Gasteiger partial charge in [0.25, 0.3) is 5.82 Å². The van der Waals surface area contributed by atoms with Crippen LogP contribution in [0, 0.1) is 0 Å². The number of fused-ring (bicyclic) bond motifs is 1. The lowest BCUT2D eigenvalue weighted by Crippen LogP contribution is -2.07. The van der Waals surface area contributed by atoms with E-state index < -0.39 is 12.0 Å². The van der Waals surface area contributed by atoms with Crippen molar-refractivity contribution in [3.8, 4) is 22.9 Å². The van der Waals surface area contributed by atoms with E-state index in [-0.39, 0.29) is 23.9 Å². The highest BCUT2D eigenvalue weighted by molar-refractivity contribution is 5.76. The molecule has 2 N–H and O–H groups in total. The second kappa shape index (κ2) is 7.85. The Morgan fingerprint density at radius 1 is 1.03 bits per heavy atom. The van der Waals surface area contributed by atoms with Gasteiger partial charge < -0.3 is 9.72 Å². The molecule has 0 spiro atoms. The molecule has 0 radical (unpaired) electrons. The number of alkyl halides is 3. The number of ether oxygens (including phenoxy) is 1. The minimum atomic E-state index is -4.68. The van der Waals surface area contributed by atoms with Gasteiger partial charge in [-0.25, -0.2) is 19.9 Å². The summed E-state index contributed by atoms with van der Waals surface area (Å²) in [5.41, 5.74) is 2.77. The first kappa shape index (κ1) is 19.8. The molecule has 0 saturated carbocycles. The van der Waals surface area contributed by atoms with Gasteiger partial charge in [-0.15, -0.1) is 5.10 Å². The zero-order valence-electron chi connectivity index (χ0n) is 16.2. The molecule has 32 heavy (non-hydrogen) atoms. The molecular formula is C19H14F3N9O. The van der Waals surface area contributed by atoms with Gasteiger partial charge in [0, 0.05) is 30.4 Å². The minimum Gasteiger partial charge on any atom is -0.372 e. The number of hydrogen-bond donors (Lipinski definition) is 2. The molecule has 10 nitrogen and oxygen atoms in total. The highest BCUT2D eigenvalue weighted by Gasteiger charge is 2.36. The van der Waals surface area contributed by atoms with Crippen LogP contribution < -0.4 is 0 Å². The third kappa shape index (κ3) is 3.80. The fourth-order valence-corrected chi connectivity index (χ4v) is 3.12. The maximum absolute atomic E-state index is 13.0. The number of aromatic amines is 2. The summed E-state index contributed by atoms with van der Waals surface area (Å²) in [7, 11) is 0. The minimum absolute atomic E-state index is 0.137. The maximum atomic E-state index is 13.0. The standard InChI is InChI=1S/C19H14F3N9O/c20-19(21,22)17-28-16(29-30-17)14-15(13-6-24-10-26-13)31-7-12(5-25-18(31)27-14)9-32-8-11-2-1-3-23-4-11/h1-7,10H,8-9H2,(H,24,26)(H,28,29,30). The Morgan fingerprint density at radius 2 is 1.91 bits per heavy atom. The number of H-pyrrole nitrogens is 2. The summed E-state index contributed by atoms with van der Waals surface area (Å²) in [6.07, 6.45) is 5.04. The quantitative estimate of drug-likeness (QED) is 0.415. The van der Waals surface area contributed by atoms with Crippen LogP contribution in [0.2, 0.25) is 0 Å². The Hall–Kier alpha value is -4.13. The van der Waals surface area contributed by atoms with E-state index >= 15 is 0 Å². The summed E-state index contributed by atoms with van der Waals surface area (Å²) in [4.78, 5) is 23.2. The summed E-state index contributed by atoms with van der Waals surface area (Å²) in [6, 6.07) is 3.73. The first-order valence-corrected chi connectivity index (χ1v) is 9.31. The van der Waals surface area contributed by atoms with E-state index in [2.05, 4.69) is 40.1 Å². The van der Waals surface area contributed by atoms with Gasteiger partial charge in [0.15, 0.2) is 5.82 Å². The van der Waals surface area contributed by atoms with Crippen LogP contribution in [0.1, 0.15) is 17.0 Å². The molecule has 0 atom stereocenters. The number of rotatable bonds is 6. The molecule has 0 aliphatic rings. The number of pyridine rings is 1. The lowest BCUT2D eigenvalue weighted by atomic mass is 10.2. The Morgan fingerprint density at radius 3 is 2.62 bits per heavy atom. The molecule has 0 aliphatic carbocycles. The highest BCUT2D eigenvalue weighted by atomic mass is 19.4. The van der Waals surface area contributed by atoms with Crippen LogP contribution in [-0.4, -0.2) is 44.5 Å². The van der Waals surface area contributed by atoms with Crippen LogP contribution in [0.25, 0.3) is 28.7 Å². The summed E-state index contributed by atoms with van der Waals surface area (Å²) in [6.45, 7) is 0.626. The van der Waals surface area contributed by atoms with Crippen molar-refractivity contribution in [1.29, 1.82) is 0 Å². The molecule has 0 saturated heterocycles. The molecule has 0 aromatic carbocycles. The van der Waals surface area contributed by atoms with E-state index in [1.54, 1.807) is 29.2 Å². The van der Waals surface area contributed by atoms with Gasteiger partial charge in [-0.1, -0.05) is 6.07 Å². The fraction of sp³-hybridized carbons (Fsp3) is 0.158. The topological polar surface area (TPSA) is 123 Å². The van der Waals surface area contributed by atoms with Crippen molar-refractivity contribution >= 4 is 5.78 Å². The number of aromatic nitrogens is 9. The van der Waals surface area contributed by atoms with Crippen LogP contribution >= 0.6 is 0 Å². The molecule has 5 heterocycles. The van der Waals surface area contributed by atoms with Gasteiger partial charge in [0.05, 0.1) is 31.4 Å². The molecule has 0 aliphatic heterocycles. The molecule has 0 bridgehead atoms. The number of nitrogens with one attached hydrogen (secondary N) is 2. The monoisotopic (exact) mass is 441 g/mol. The largest absolute Gasteiger partial charge is 0.453 e. The predicted molar refractivity (Wildman–Crippen MR) is 104 cm³/mol. The maximum Gasteiger partial charge on any atom is 0.453 e. The summed E-state index contributed by atoms with van der Waals surface area (Å²) >= 11 is 0. The van der Waals surface area contributed by atoms with Gasteiger partial charge in [0.2, 0.25) is 5.78 Å². The van der Waals surface area contributed by atoms with E-state index in [4.69, 9.17) is 4.74 Å². The van der Waals surface area contributed by atoms with E-state index in [9.17, 15) is 13.2 Å². The van der Waals surface area contributed by atoms with Crippen molar-refractivity contribution in [2.45, 2.75) is 19.4 Å². The Labute approximate surface area is 177 Å². The van der Waals surface area contributed by atoms with Gasteiger partial charge in [-0.05, 0) is 11.6 Å². The first-order valence-electron chi connectivity index (χ1n) is 9.31. The van der Waals surface area contributed by atoms with E-state index in [1.807, 2.05) is 12.1 Å². The third-order valence-electron chi connectivity index (χ3n) is 4.51. The molecule has 0 unspecified atom stereocenters. The normalized spacial score (nSPS) is 12.0. The lowest BCUT2D eigenvalue weighted by molar-refractivity contribution is -0.144. The molecule has 5 rings (SSSR count). The Balaban J connectivity index is 1.51. The van der Waals surface area contributed by atoms with Crippen molar-refractivity contribution in [3.63, 3.8) is 0 Å². The van der Waals surface area contributed by atoms with Gasteiger partial charge in [-0.3, -0.25) is 14.5 Å². The van der Waals surface area contributed by atoms with Crippen molar-refractivity contribution in [3.05, 3.63) is 66.4 Å². The van der Waals surface area contributed by atoms with Crippen molar-refractivity contribution in [1.82, 2.24) is 44.5 Å². The molecule has 0 fully saturated rings. The number of halogens is 3. The van der Waals surface area contributed by atoms with Crippen molar-refractivity contribution in [2.75, 3.05) is 0 Å². The van der Waals surface area contributed by atoms with Crippen LogP contribution in [-0.2, 0) is 24.1 Å². The van der Waals surface area contributed by atoms with Crippen LogP contribution in [0.5, 0.6) is 0 Å². The van der Waals surface area contributed by atoms with E-state index in [0.29, 0.717) is 18.0 Å². The number of imidazole rings is 2. The second-order valence-electron chi connectivity index (χ2n) is 6.77. The summed E-state index contributed by atoms with van der Waals surface area (Å²) in [5.74, 6) is -1.15. The lowest BCUT2D eigenvalue weighted by Gasteiger charge is -2.06. The summed E-state index contributed by atoms with van der Waals surface area (Å²) < 4.78 is 46.3. The molecular weight excluding hydrogens is 427 g/mol. The third-order valence-corrected chi connectivity index (χ3v) is 4.51. The van der Waals surface area contributed by atoms with Crippen LogP contribution in [0.15, 0.2) is 49.4 Å². The summed E-state index contributed by atoms with van der Waals surface area (Å²) in [5, 5.41) is 5.57. The van der Waals surface area contributed by atoms with Crippen molar-refractivity contribution in [2.24, 2.45) is 0 Å².